The van der Waals surface area contributed by atoms with E-state index in [0.29, 0.717) is 6.54 Å². The Balaban J connectivity index is 2.94. The highest BCUT2D eigenvalue weighted by Crippen LogP contribution is 2.19. The quantitative estimate of drug-likeness (QED) is 0.578. The first-order valence-electron chi connectivity index (χ1n) is 6.00. The average molecular weight is 321 g/mol. The Morgan fingerprint density at radius 2 is 2.00 bits per heavy atom. The predicted octanol–water partition coefficient (Wildman–Crippen LogP) is 1.01. The fourth-order valence-corrected chi connectivity index (χ4v) is 2.89. The smallest absolute Gasteiger partial charge is 0.337 e. The number of nitrogens with one attached hydrogen (secondary N) is 2. The molecule has 6 nitrogen and oxygen atoms in total. The molecular weight excluding hydrogens is 304 g/mol. The Morgan fingerprint density at radius 3 is 2.60 bits per heavy atom. The second-order valence-corrected chi connectivity index (χ2v) is 6.12. The van der Waals surface area contributed by atoms with E-state index >= 15 is 0 Å². The number of hydrogen-bond donors (Lipinski definition) is 2. The molecule has 1 rings (SSSR count). The lowest BCUT2D eigenvalue weighted by atomic mass is 10.2. The Morgan fingerprint density at radius 1 is 1.30 bits per heavy atom. The molecule has 0 aliphatic carbocycles. The van der Waals surface area contributed by atoms with Crippen molar-refractivity contribution in [3.63, 3.8) is 0 Å². The van der Waals surface area contributed by atoms with Crippen molar-refractivity contribution in [3.05, 3.63) is 28.8 Å². The number of methoxy groups -OCH3 is 1. The number of carbonyl (C=O) groups is 1. The van der Waals surface area contributed by atoms with Gasteiger partial charge in [-0.15, -0.1) is 0 Å². The number of carbonyl (C=O) groups excluding carboxylic acids is 1. The Labute approximate surface area is 123 Å². The van der Waals surface area contributed by atoms with Crippen molar-refractivity contribution in [2.24, 2.45) is 0 Å². The molecule has 1 aromatic carbocycles. The van der Waals surface area contributed by atoms with Gasteiger partial charge in [0, 0.05) is 18.1 Å². The summed E-state index contributed by atoms with van der Waals surface area (Å²) in [5.74, 6) is -0.642. The Bertz CT molecular complexity index is 575. The van der Waals surface area contributed by atoms with Crippen LogP contribution in [0.5, 0.6) is 0 Å². The molecule has 1 aromatic rings. The molecule has 0 aliphatic heterocycles. The number of ether oxygens (including phenoxy) is 1. The van der Waals surface area contributed by atoms with Gasteiger partial charge >= 0.3 is 5.97 Å². The van der Waals surface area contributed by atoms with E-state index in [1.165, 1.54) is 25.3 Å². The minimum Gasteiger partial charge on any atom is -0.465 e. The van der Waals surface area contributed by atoms with Crippen LogP contribution in [0, 0.1) is 0 Å². The van der Waals surface area contributed by atoms with Crippen molar-refractivity contribution in [2.75, 3.05) is 26.7 Å². The molecule has 0 aromatic heterocycles. The zero-order valence-electron chi connectivity index (χ0n) is 11.3. The highest BCUT2D eigenvalue weighted by Gasteiger charge is 2.17. The molecule has 0 radical (unpaired) electrons. The predicted molar refractivity (Wildman–Crippen MR) is 76.5 cm³/mol. The fraction of sp³-hybridized carbons (Fsp3) is 0.417. The molecule has 8 heteroatoms. The summed E-state index contributed by atoms with van der Waals surface area (Å²) < 4.78 is 31.1. The van der Waals surface area contributed by atoms with Crippen LogP contribution in [-0.2, 0) is 14.8 Å². The van der Waals surface area contributed by atoms with Crippen LogP contribution in [0.3, 0.4) is 0 Å². The van der Waals surface area contributed by atoms with Crippen LogP contribution in [-0.4, -0.2) is 41.1 Å². The third-order valence-electron chi connectivity index (χ3n) is 2.45. The lowest BCUT2D eigenvalue weighted by Crippen LogP contribution is -2.31. The van der Waals surface area contributed by atoms with Crippen molar-refractivity contribution < 1.29 is 17.9 Å². The van der Waals surface area contributed by atoms with Crippen LogP contribution in [0.2, 0.25) is 5.02 Å². The van der Waals surface area contributed by atoms with Crippen LogP contribution in [0.4, 0.5) is 0 Å². The zero-order chi connectivity index (χ0) is 15.2. The molecular formula is C12H17ClN2O4S. The molecule has 2 N–H and O–H groups in total. The van der Waals surface area contributed by atoms with Gasteiger partial charge in [-0.3, -0.25) is 0 Å². The van der Waals surface area contributed by atoms with Crippen molar-refractivity contribution >= 4 is 27.6 Å². The summed E-state index contributed by atoms with van der Waals surface area (Å²) in [4.78, 5) is 11.4. The highest BCUT2D eigenvalue weighted by molar-refractivity contribution is 7.89. The maximum absolute atomic E-state index is 12.1. The number of esters is 1. The molecule has 20 heavy (non-hydrogen) atoms. The van der Waals surface area contributed by atoms with Gasteiger partial charge in [0.1, 0.15) is 0 Å². The molecule has 0 saturated heterocycles. The van der Waals surface area contributed by atoms with E-state index in [1.807, 2.05) is 6.92 Å². The normalized spacial score (nSPS) is 11.3. The van der Waals surface area contributed by atoms with Gasteiger partial charge in [0.15, 0.2) is 0 Å². The van der Waals surface area contributed by atoms with E-state index in [9.17, 15) is 13.2 Å². The lowest BCUT2D eigenvalue weighted by molar-refractivity contribution is 0.0600. The maximum Gasteiger partial charge on any atom is 0.337 e. The molecule has 0 fully saturated rings. The summed E-state index contributed by atoms with van der Waals surface area (Å²) >= 11 is 5.83. The minimum absolute atomic E-state index is 0.0677. The number of sulfonamides is 1. The van der Waals surface area contributed by atoms with Gasteiger partial charge in [0.05, 0.1) is 17.6 Å². The zero-order valence-corrected chi connectivity index (χ0v) is 12.8. The first-order valence-corrected chi connectivity index (χ1v) is 7.86. The van der Waals surface area contributed by atoms with Crippen molar-refractivity contribution in [1.29, 1.82) is 0 Å². The summed E-state index contributed by atoms with van der Waals surface area (Å²) in [5, 5.41) is 3.15. The molecule has 0 spiro atoms. The lowest BCUT2D eigenvalue weighted by Gasteiger charge is -2.09. The van der Waals surface area contributed by atoms with Gasteiger partial charge in [0.25, 0.3) is 0 Å². The van der Waals surface area contributed by atoms with Crippen LogP contribution in [0.25, 0.3) is 0 Å². The summed E-state index contributed by atoms with van der Waals surface area (Å²) in [6.07, 6.45) is 0. The van der Waals surface area contributed by atoms with Gasteiger partial charge in [-0.25, -0.2) is 17.9 Å². The first kappa shape index (κ1) is 16.9. The number of halogens is 1. The van der Waals surface area contributed by atoms with E-state index in [0.717, 1.165) is 6.54 Å². The van der Waals surface area contributed by atoms with E-state index in [-0.39, 0.29) is 22.0 Å². The van der Waals surface area contributed by atoms with E-state index in [1.54, 1.807) is 0 Å². The van der Waals surface area contributed by atoms with Crippen LogP contribution in [0.1, 0.15) is 17.3 Å². The van der Waals surface area contributed by atoms with Gasteiger partial charge in [0.2, 0.25) is 10.0 Å². The third kappa shape index (κ3) is 4.75. The summed E-state index contributed by atoms with van der Waals surface area (Å²) in [7, 11) is -2.50. The topological polar surface area (TPSA) is 84.5 Å². The summed E-state index contributed by atoms with van der Waals surface area (Å²) in [6.45, 7) is 3.44. The van der Waals surface area contributed by atoms with Gasteiger partial charge < -0.3 is 10.1 Å². The van der Waals surface area contributed by atoms with Crippen LogP contribution < -0.4 is 10.0 Å². The monoisotopic (exact) mass is 320 g/mol. The summed E-state index contributed by atoms with van der Waals surface area (Å²) in [5.41, 5.74) is 0.0899. The second-order valence-electron chi connectivity index (χ2n) is 3.92. The van der Waals surface area contributed by atoms with Crippen molar-refractivity contribution in [1.82, 2.24) is 10.0 Å². The van der Waals surface area contributed by atoms with Gasteiger partial charge in [-0.05, 0) is 24.7 Å². The first-order chi connectivity index (χ1) is 9.40. The molecule has 0 heterocycles. The molecule has 112 valence electrons. The molecule has 0 saturated carbocycles. The van der Waals surface area contributed by atoms with Crippen LogP contribution in [0.15, 0.2) is 23.1 Å². The molecule has 0 aliphatic rings. The third-order valence-corrected chi connectivity index (χ3v) is 4.11. The average Bonchev–Trinajstić information content (AvgIpc) is 2.42. The molecule has 0 atom stereocenters. The van der Waals surface area contributed by atoms with E-state index < -0.39 is 16.0 Å². The standard InChI is InChI=1S/C12H17ClN2O4S/c1-3-14-4-5-15-20(17,18)11-7-9(12(16)19-2)6-10(13)8-11/h6-8,14-15H,3-5H2,1-2H3. The van der Waals surface area contributed by atoms with Gasteiger partial charge in [-0.2, -0.15) is 0 Å². The molecule has 0 amide bonds. The maximum atomic E-state index is 12.1. The largest absolute Gasteiger partial charge is 0.465 e. The Hall–Kier alpha value is -1.15. The van der Waals surface area contributed by atoms with E-state index in [2.05, 4.69) is 14.8 Å². The number of likely N-dealkylation sites (N-methyl/N-ethyl adjacent to an activating group) is 1. The highest BCUT2D eigenvalue weighted by atomic mass is 35.5. The fourth-order valence-electron chi connectivity index (χ4n) is 1.49. The van der Waals surface area contributed by atoms with Crippen molar-refractivity contribution in [2.45, 2.75) is 11.8 Å². The van der Waals surface area contributed by atoms with Gasteiger partial charge in [-0.1, -0.05) is 18.5 Å². The minimum atomic E-state index is -3.71. The number of hydrogen-bond acceptors (Lipinski definition) is 5. The van der Waals surface area contributed by atoms with Crippen molar-refractivity contribution in [3.8, 4) is 0 Å². The summed E-state index contributed by atoms with van der Waals surface area (Å²) in [6, 6.07) is 3.86. The molecule has 0 unspecified atom stereocenters. The Kier molecular flexibility index (Phi) is 6.41. The SMILES string of the molecule is CCNCCNS(=O)(=O)c1cc(Cl)cc(C(=O)OC)c1. The van der Waals surface area contributed by atoms with Crippen LogP contribution >= 0.6 is 11.6 Å². The number of benzene rings is 1. The second kappa shape index (κ2) is 7.58. The number of rotatable bonds is 7. The van der Waals surface area contributed by atoms with E-state index in [4.69, 9.17) is 11.6 Å². The molecule has 0 bridgehead atoms.